The molecule has 1 aliphatic carbocycles. The lowest BCUT2D eigenvalue weighted by atomic mass is 9.64. The molecular weight excluding hydrogens is 726 g/mol. The molecule has 6 heterocycles. The van der Waals surface area contributed by atoms with Crippen molar-refractivity contribution in [2.45, 2.75) is 51.0 Å². The Labute approximate surface area is 321 Å². The van der Waals surface area contributed by atoms with Gasteiger partial charge in [0.1, 0.15) is 10.7 Å². The third kappa shape index (κ3) is 6.79. The largest absolute Gasteiger partial charge is 0.478 e. The number of imide groups is 1. The van der Waals surface area contributed by atoms with Crippen LogP contribution >= 0.6 is 11.6 Å². The number of fused-ring (bicyclic) bond motifs is 2. The number of aromatic nitrogens is 6. The Morgan fingerprint density at radius 2 is 1.93 bits per heavy atom. The van der Waals surface area contributed by atoms with Crippen molar-refractivity contribution in [3.63, 3.8) is 0 Å². The second-order valence-electron chi connectivity index (χ2n) is 15.0. The van der Waals surface area contributed by atoms with Crippen LogP contribution in [0.1, 0.15) is 50.6 Å². The number of amides is 3. The highest BCUT2D eigenvalue weighted by atomic mass is 35.5. The lowest BCUT2D eigenvalue weighted by Crippen LogP contribution is -2.60. The van der Waals surface area contributed by atoms with E-state index in [4.69, 9.17) is 26.4 Å². The fourth-order valence-electron chi connectivity index (χ4n) is 8.42. The first-order valence-electron chi connectivity index (χ1n) is 18.4. The number of pyridine rings is 2. The van der Waals surface area contributed by atoms with E-state index in [2.05, 4.69) is 49.1 Å². The fraction of sp³-hybridized carbons (Fsp3) is 0.421. The summed E-state index contributed by atoms with van der Waals surface area (Å²) in [6.45, 7) is 3.69. The molecule has 4 N–H and O–H groups in total. The maximum atomic E-state index is 12.8. The first kappa shape index (κ1) is 36.2. The van der Waals surface area contributed by atoms with Gasteiger partial charge < -0.3 is 25.6 Å². The van der Waals surface area contributed by atoms with Gasteiger partial charge >= 0.3 is 0 Å². The predicted molar refractivity (Wildman–Crippen MR) is 208 cm³/mol. The quantitative estimate of drug-likeness (QED) is 0.159. The summed E-state index contributed by atoms with van der Waals surface area (Å²) in [7, 11) is 4.99. The van der Waals surface area contributed by atoms with E-state index in [-0.39, 0.29) is 41.5 Å². The second kappa shape index (κ2) is 14.1. The van der Waals surface area contributed by atoms with Crippen LogP contribution in [-0.2, 0) is 28.5 Å². The van der Waals surface area contributed by atoms with E-state index in [0.29, 0.717) is 58.0 Å². The summed E-state index contributed by atoms with van der Waals surface area (Å²) in [5.41, 5.74) is 3.46. The minimum atomic E-state index is -0.450. The van der Waals surface area contributed by atoms with Crippen LogP contribution < -0.4 is 36.5 Å². The molecule has 1 spiro atoms. The van der Waals surface area contributed by atoms with Crippen molar-refractivity contribution in [2.24, 2.45) is 25.4 Å². The number of aryl methyl sites for hydroxylation is 2. The molecule has 3 fully saturated rings. The van der Waals surface area contributed by atoms with E-state index >= 15 is 0 Å². The van der Waals surface area contributed by atoms with Crippen molar-refractivity contribution in [3.05, 3.63) is 63.8 Å². The summed E-state index contributed by atoms with van der Waals surface area (Å²) in [4.78, 5) is 64.9. The first-order valence-corrected chi connectivity index (χ1v) is 18.7. The average molecular weight is 768 g/mol. The monoisotopic (exact) mass is 767 g/mol. The van der Waals surface area contributed by atoms with Gasteiger partial charge in [-0.3, -0.25) is 33.7 Å². The number of halogens is 1. The van der Waals surface area contributed by atoms with E-state index < -0.39 is 11.5 Å². The Kier molecular flexibility index (Phi) is 9.31. The number of hydrogen-bond acceptors (Lipinski definition) is 12. The van der Waals surface area contributed by atoms with Crippen LogP contribution in [0.2, 0.25) is 5.02 Å². The molecule has 1 saturated carbocycles. The molecule has 4 aromatic heterocycles. The fourth-order valence-corrected chi connectivity index (χ4v) is 8.56. The van der Waals surface area contributed by atoms with Gasteiger partial charge in [0.15, 0.2) is 18.2 Å². The van der Waals surface area contributed by atoms with Gasteiger partial charge in [0.2, 0.25) is 17.8 Å². The Bertz CT molecular complexity index is 2420. The summed E-state index contributed by atoms with van der Waals surface area (Å²) in [6, 6.07) is 9.71. The molecule has 5 aromatic rings. The molecule has 16 nitrogen and oxygen atoms in total. The highest BCUT2D eigenvalue weighted by Gasteiger charge is 2.48. The highest BCUT2D eigenvalue weighted by molar-refractivity contribution is 6.33. The number of anilines is 4. The molecule has 2 aliphatic heterocycles. The van der Waals surface area contributed by atoms with Gasteiger partial charge in [-0.05, 0) is 49.8 Å². The van der Waals surface area contributed by atoms with Crippen LogP contribution in [0.3, 0.4) is 0 Å². The standard InChI is InChI=1S/C38H42ClN11O5/c1-20-14-38(11-10-26(20)44-27-7-5-6-23-31(47-49(4)32(23)27)24-8-9-29(51)45-35(24)53)18-50(19-38)37-42-16-25(39)33(46-37)43-22-12-21-13-28(55-17-30(52)40-2)36(54)48(3)34(21)41-15-22/h5-7,12-13,15-16,20,24,26,44H,8-11,14,17-19H2,1-4H3,(H,40,52)(H,42,43,46)(H,45,51,53)/t20-,24?,26+/m0/s1. The van der Waals surface area contributed by atoms with Gasteiger partial charge in [-0.2, -0.15) is 10.1 Å². The lowest BCUT2D eigenvalue weighted by molar-refractivity contribution is -0.134. The molecule has 55 heavy (non-hydrogen) atoms. The number of ether oxygens (including phenoxy) is 1. The molecule has 3 amide bonds. The molecule has 0 radical (unpaired) electrons. The summed E-state index contributed by atoms with van der Waals surface area (Å²) < 4.78 is 8.70. The van der Waals surface area contributed by atoms with Gasteiger partial charge in [-0.15, -0.1) is 0 Å². The smallest absolute Gasteiger partial charge is 0.294 e. The van der Waals surface area contributed by atoms with Gasteiger partial charge in [0, 0.05) is 62.9 Å². The molecule has 3 aliphatic rings. The number of nitrogens with zero attached hydrogens (tertiary/aromatic N) is 7. The van der Waals surface area contributed by atoms with Crippen LogP contribution in [0.25, 0.3) is 21.9 Å². The maximum Gasteiger partial charge on any atom is 0.294 e. The normalized spacial score (nSPS) is 20.7. The molecule has 1 aromatic carbocycles. The number of carbonyl (C=O) groups excluding carboxylic acids is 3. The Morgan fingerprint density at radius 3 is 2.69 bits per heavy atom. The summed E-state index contributed by atoms with van der Waals surface area (Å²) in [5.74, 6) is 0.127. The lowest BCUT2D eigenvalue weighted by Gasteiger charge is -2.55. The minimum absolute atomic E-state index is 0.0390. The predicted octanol–water partition coefficient (Wildman–Crippen LogP) is 3.76. The second-order valence-corrected chi connectivity index (χ2v) is 15.4. The molecule has 2 saturated heterocycles. The number of benzene rings is 1. The van der Waals surface area contributed by atoms with E-state index in [1.807, 2.05) is 29.9 Å². The number of piperidine rings is 1. The third-order valence-corrected chi connectivity index (χ3v) is 11.5. The summed E-state index contributed by atoms with van der Waals surface area (Å²) >= 11 is 6.56. The topological polar surface area (TPSA) is 190 Å². The molecule has 3 atom stereocenters. The van der Waals surface area contributed by atoms with Crippen molar-refractivity contribution in [1.29, 1.82) is 0 Å². The zero-order valence-corrected chi connectivity index (χ0v) is 31.7. The van der Waals surface area contributed by atoms with Crippen molar-refractivity contribution in [2.75, 3.05) is 42.3 Å². The van der Waals surface area contributed by atoms with Crippen LogP contribution in [0.5, 0.6) is 5.75 Å². The van der Waals surface area contributed by atoms with Crippen molar-refractivity contribution < 1.29 is 19.1 Å². The van der Waals surface area contributed by atoms with Crippen molar-refractivity contribution >= 4 is 74.4 Å². The molecule has 17 heteroatoms. The van der Waals surface area contributed by atoms with Crippen molar-refractivity contribution in [1.82, 2.24) is 39.9 Å². The number of nitrogens with one attached hydrogen (secondary N) is 4. The third-order valence-electron chi connectivity index (χ3n) is 11.2. The summed E-state index contributed by atoms with van der Waals surface area (Å²) in [6.07, 6.45) is 7.05. The van der Waals surface area contributed by atoms with E-state index in [1.165, 1.54) is 11.6 Å². The zero-order chi connectivity index (χ0) is 38.6. The molecule has 0 bridgehead atoms. The minimum Gasteiger partial charge on any atom is -0.478 e. The number of rotatable bonds is 9. The van der Waals surface area contributed by atoms with Crippen LogP contribution in [0, 0.1) is 11.3 Å². The van der Waals surface area contributed by atoms with E-state index in [0.717, 1.165) is 48.9 Å². The molecule has 1 unspecified atom stereocenters. The van der Waals surface area contributed by atoms with Gasteiger partial charge in [-0.25, -0.2) is 9.97 Å². The SMILES string of the molecule is CNC(=O)COc1cc2cc(Nc3nc(N4CC5(CC[C@@H](Nc6cccc7c(C8CCC(=O)NC8=O)nn(C)c67)[C@@H](C)C5)C4)ncc3Cl)cnc2n(C)c1=O. The summed E-state index contributed by atoms with van der Waals surface area (Å²) in [5, 5.41) is 18.7. The molecule has 8 rings (SSSR count). The van der Waals surface area contributed by atoms with E-state index in [9.17, 15) is 19.2 Å². The highest BCUT2D eigenvalue weighted by Crippen LogP contribution is 2.48. The number of carbonyl (C=O) groups is 3. The number of likely N-dealkylation sites (N-methyl/N-ethyl adjacent to an activating group) is 1. The van der Waals surface area contributed by atoms with Crippen molar-refractivity contribution in [3.8, 4) is 5.75 Å². The Morgan fingerprint density at radius 1 is 1.11 bits per heavy atom. The van der Waals surface area contributed by atoms with Crippen LogP contribution in [0.15, 0.2) is 47.5 Å². The zero-order valence-electron chi connectivity index (χ0n) is 31.0. The maximum absolute atomic E-state index is 12.8. The average Bonchev–Trinajstić information content (AvgIpc) is 3.49. The Balaban J connectivity index is 0.925. The molecular formula is C38H42ClN11O5. The number of para-hydroxylation sites is 1. The molecule has 286 valence electrons. The number of hydrogen-bond donors (Lipinski definition) is 4. The van der Waals surface area contributed by atoms with Crippen LogP contribution in [0.4, 0.5) is 23.1 Å². The van der Waals surface area contributed by atoms with Gasteiger partial charge in [0.25, 0.3) is 11.5 Å². The first-order chi connectivity index (χ1) is 26.4. The van der Waals surface area contributed by atoms with E-state index in [1.54, 1.807) is 25.5 Å². The van der Waals surface area contributed by atoms with Gasteiger partial charge in [0.05, 0.1) is 40.9 Å². The van der Waals surface area contributed by atoms with Crippen LogP contribution in [-0.4, -0.2) is 79.8 Å². The Hall–Kier alpha value is -5.77. The van der Waals surface area contributed by atoms with Gasteiger partial charge in [-0.1, -0.05) is 30.7 Å².